The Kier molecular flexibility index (Phi) is 5.76. The Balaban J connectivity index is 2.09. The van der Waals surface area contributed by atoms with Gasteiger partial charge >= 0.3 is 0 Å². The van der Waals surface area contributed by atoms with Crippen molar-refractivity contribution in [2.75, 3.05) is 7.11 Å². The van der Waals surface area contributed by atoms with Crippen molar-refractivity contribution in [3.63, 3.8) is 0 Å². The van der Waals surface area contributed by atoms with Crippen molar-refractivity contribution < 1.29 is 4.74 Å². The summed E-state index contributed by atoms with van der Waals surface area (Å²) in [5, 5.41) is 18.5. The molecule has 1 heterocycles. The van der Waals surface area contributed by atoms with Gasteiger partial charge in [-0.05, 0) is 42.2 Å². The SMILES string of the molecule is COc1ccc(-n2c(SC(C)C#N)nnc2-c2ccc(C(C)(C)C)cc2)cc1. The predicted molar refractivity (Wildman–Crippen MR) is 113 cm³/mol. The molecular weight excluding hydrogens is 368 g/mol. The van der Waals surface area contributed by atoms with Crippen molar-refractivity contribution in [2.24, 2.45) is 0 Å². The molecule has 0 radical (unpaired) electrons. The van der Waals surface area contributed by atoms with Gasteiger partial charge in [0.15, 0.2) is 11.0 Å². The molecule has 2 aromatic carbocycles. The standard InChI is InChI=1S/C22H24N4OS/c1-15(14-23)28-21-25-24-20(16-6-8-17(9-7-16)22(2,3)4)26(21)18-10-12-19(27-5)13-11-18/h6-13,15H,1-5H3. The van der Waals surface area contributed by atoms with Crippen LogP contribution in [0.1, 0.15) is 33.3 Å². The van der Waals surface area contributed by atoms with E-state index in [0.717, 1.165) is 22.8 Å². The quantitative estimate of drug-likeness (QED) is 0.555. The smallest absolute Gasteiger partial charge is 0.197 e. The largest absolute Gasteiger partial charge is 0.497 e. The van der Waals surface area contributed by atoms with Crippen LogP contribution in [0.3, 0.4) is 0 Å². The fourth-order valence-corrected chi connectivity index (χ4v) is 3.56. The summed E-state index contributed by atoms with van der Waals surface area (Å²) in [6.45, 7) is 8.44. The number of nitriles is 1. The van der Waals surface area contributed by atoms with E-state index in [2.05, 4.69) is 61.3 Å². The van der Waals surface area contributed by atoms with Gasteiger partial charge in [-0.3, -0.25) is 4.57 Å². The van der Waals surface area contributed by atoms with E-state index < -0.39 is 0 Å². The second-order valence-corrected chi connectivity index (χ2v) is 8.86. The van der Waals surface area contributed by atoms with Gasteiger partial charge in [0.05, 0.1) is 18.4 Å². The van der Waals surface area contributed by atoms with Crippen LogP contribution in [-0.4, -0.2) is 27.1 Å². The molecule has 0 amide bonds. The first kappa shape index (κ1) is 20.0. The Morgan fingerprint density at radius 3 is 2.21 bits per heavy atom. The number of rotatable bonds is 5. The van der Waals surface area contributed by atoms with Gasteiger partial charge in [0.2, 0.25) is 0 Å². The molecule has 0 aliphatic heterocycles. The molecule has 0 aliphatic carbocycles. The van der Waals surface area contributed by atoms with Gasteiger partial charge in [-0.15, -0.1) is 10.2 Å². The molecule has 0 spiro atoms. The summed E-state index contributed by atoms with van der Waals surface area (Å²) in [6.07, 6.45) is 0. The molecule has 0 saturated carbocycles. The lowest BCUT2D eigenvalue weighted by Crippen LogP contribution is -2.10. The third-order valence-corrected chi connectivity index (χ3v) is 5.37. The number of benzene rings is 2. The van der Waals surface area contributed by atoms with Crippen molar-refractivity contribution in [3.8, 4) is 28.9 Å². The average molecular weight is 393 g/mol. The van der Waals surface area contributed by atoms with Crippen molar-refractivity contribution in [3.05, 3.63) is 54.1 Å². The molecule has 1 unspecified atom stereocenters. The summed E-state index contributed by atoms with van der Waals surface area (Å²) >= 11 is 1.39. The Morgan fingerprint density at radius 1 is 1.04 bits per heavy atom. The predicted octanol–water partition coefficient (Wildman–Crippen LogP) is 5.24. The molecule has 1 atom stereocenters. The van der Waals surface area contributed by atoms with Gasteiger partial charge in [-0.2, -0.15) is 5.26 Å². The minimum atomic E-state index is -0.225. The monoisotopic (exact) mass is 392 g/mol. The lowest BCUT2D eigenvalue weighted by Gasteiger charge is -2.19. The highest BCUT2D eigenvalue weighted by Crippen LogP contribution is 2.32. The molecule has 6 heteroatoms. The maximum atomic E-state index is 9.21. The van der Waals surface area contributed by atoms with Crippen molar-refractivity contribution in [1.29, 1.82) is 5.26 Å². The molecule has 28 heavy (non-hydrogen) atoms. The topological polar surface area (TPSA) is 63.7 Å². The Labute approximate surface area is 170 Å². The Bertz CT molecular complexity index is 979. The molecule has 0 bridgehead atoms. The van der Waals surface area contributed by atoms with Crippen LogP contribution in [0.2, 0.25) is 0 Å². The molecular formula is C22H24N4OS. The fraction of sp³-hybridized carbons (Fsp3) is 0.318. The van der Waals surface area contributed by atoms with Crippen molar-refractivity contribution in [1.82, 2.24) is 14.8 Å². The van der Waals surface area contributed by atoms with Crippen LogP contribution in [-0.2, 0) is 5.41 Å². The molecule has 3 aromatic rings. The van der Waals surface area contributed by atoms with Crippen molar-refractivity contribution >= 4 is 11.8 Å². The van der Waals surface area contributed by atoms with Crippen LogP contribution < -0.4 is 4.74 Å². The number of nitrogens with zero attached hydrogens (tertiary/aromatic N) is 4. The Morgan fingerprint density at radius 2 is 1.68 bits per heavy atom. The molecule has 0 aliphatic rings. The molecule has 0 fully saturated rings. The van der Waals surface area contributed by atoms with E-state index in [1.165, 1.54) is 17.3 Å². The maximum Gasteiger partial charge on any atom is 0.197 e. The highest BCUT2D eigenvalue weighted by Gasteiger charge is 2.19. The first-order valence-corrected chi connectivity index (χ1v) is 9.98. The summed E-state index contributed by atoms with van der Waals surface area (Å²) < 4.78 is 7.26. The zero-order valence-electron chi connectivity index (χ0n) is 16.8. The van der Waals surface area contributed by atoms with E-state index in [4.69, 9.17) is 4.74 Å². The summed E-state index contributed by atoms with van der Waals surface area (Å²) in [4.78, 5) is 0. The summed E-state index contributed by atoms with van der Waals surface area (Å²) in [5.41, 5.74) is 3.26. The third kappa shape index (κ3) is 4.20. The van der Waals surface area contributed by atoms with Gasteiger partial charge < -0.3 is 4.74 Å². The first-order valence-electron chi connectivity index (χ1n) is 9.10. The van der Waals surface area contributed by atoms with E-state index >= 15 is 0 Å². The third-order valence-electron chi connectivity index (χ3n) is 4.44. The lowest BCUT2D eigenvalue weighted by atomic mass is 9.87. The van der Waals surface area contributed by atoms with Gasteiger partial charge in [-0.25, -0.2) is 0 Å². The molecule has 1 aromatic heterocycles. The normalized spacial score (nSPS) is 12.4. The number of hydrogen-bond acceptors (Lipinski definition) is 5. The van der Waals surface area contributed by atoms with E-state index in [0.29, 0.717) is 5.16 Å². The van der Waals surface area contributed by atoms with E-state index in [9.17, 15) is 5.26 Å². The van der Waals surface area contributed by atoms with Crippen molar-refractivity contribution in [2.45, 2.75) is 43.5 Å². The maximum absolute atomic E-state index is 9.21. The van der Waals surface area contributed by atoms with E-state index in [1.807, 2.05) is 35.8 Å². The van der Waals surface area contributed by atoms with Crippen LogP contribution in [0.25, 0.3) is 17.1 Å². The Hall–Kier alpha value is -2.78. The summed E-state index contributed by atoms with van der Waals surface area (Å²) in [6, 6.07) is 18.4. The number of methoxy groups -OCH3 is 1. The zero-order valence-corrected chi connectivity index (χ0v) is 17.6. The van der Waals surface area contributed by atoms with Gasteiger partial charge in [0, 0.05) is 11.3 Å². The van der Waals surface area contributed by atoms with Crippen LogP contribution >= 0.6 is 11.8 Å². The van der Waals surface area contributed by atoms with Gasteiger partial charge in [-0.1, -0.05) is 56.8 Å². The van der Waals surface area contributed by atoms with Crippen LogP contribution in [0.4, 0.5) is 0 Å². The number of aromatic nitrogens is 3. The second kappa shape index (κ2) is 8.07. The lowest BCUT2D eigenvalue weighted by molar-refractivity contribution is 0.414. The minimum Gasteiger partial charge on any atom is -0.497 e. The highest BCUT2D eigenvalue weighted by atomic mass is 32.2. The summed E-state index contributed by atoms with van der Waals surface area (Å²) in [5.74, 6) is 1.53. The number of ether oxygens (including phenoxy) is 1. The highest BCUT2D eigenvalue weighted by molar-refractivity contribution is 8.00. The van der Waals surface area contributed by atoms with Gasteiger partial charge in [0.1, 0.15) is 5.75 Å². The second-order valence-electron chi connectivity index (χ2n) is 7.56. The van der Waals surface area contributed by atoms with E-state index in [-0.39, 0.29) is 10.7 Å². The minimum absolute atomic E-state index is 0.0887. The zero-order chi connectivity index (χ0) is 20.3. The molecule has 5 nitrogen and oxygen atoms in total. The van der Waals surface area contributed by atoms with Gasteiger partial charge in [0.25, 0.3) is 0 Å². The molecule has 3 rings (SSSR count). The summed E-state index contributed by atoms with van der Waals surface area (Å²) in [7, 11) is 1.64. The number of hydrogen-bond donors (Lipinski definition) is 0. The molecule has 0 saturated heterocycles. The van der Waals surface area contributed by atoms with Crippen LogP contribution in [0.5, 0.6) is 5.75 Å². The van der Waals surface area contributed by atoms with Crippen LogP contribution in [0.15, 0.2) is 53.7 Å². The molecule has 0 N–H and O–H groups in total. The fourth-order valence-electron chi connectivity index (χ4n) is 2.80. The number of thioether (sulfide) groups is 1. The van der Waals surface area contributed by atoms with E-state index in [1.54, 1.807) is 7.11 Å². The molecule has 144 valence electrons. The van der Waals surface area contributed by atoms with Crippen LogP contribution in [0, 0.1) is 11.3 Å². The average Bonchev–Trinajstić information content (AvgIpc) is 3.10. The first-order chi connectivity index (χ1) is 13.3.